The van der Waals surface area contributed by atoms with Gasteiger partial charge in [0, 0.05) is 17.3 Å². The van der Waals surface area contributed by atoms with Crippen molar-refractivity contribution in [3.8, 4) is 5.75 Å². The Morgan fingerprint density at radius 1 is 1.17 bits per heavy atom. The van der Waals surface area contributed by atoms with E-state index in [4.69, 9.17) is 16.3 Å². The van der Waals surface area contributed by atoms with Gasteiger partial charge in [-0.3, -0.25) is 14.7 Å². The number of carbonyl (C=O) groups is 1. The average Bonchev–Trinajstić information content (AvgIpc) is 3.09. The summed E-state index contributed by atoms with van der Waals surface area (Å²) < 4.78 is 7.44. The molecule has 1 amide bonds. The fraction of sp³-hybridized carbons (Fsp3) is 0.286. The van der Waals surface area contributed by atoms with E-state index in [1.54, 1.807) is 0 Å². The molecular formula is C21H23ClN4O2S. The number of hydrogen-bond donors (Lipinski definition) is 1. The van der Waals surface area contributed by atoms with Crippen LogP contribution in [0.2, 0.25) is 5.02 Å². The van der Waals surface area contributed by atoms with Crippen LogP contribution in [0.1, 0.15) is 23.6 Å². The van der Waals surface area contributed by atoms with Crippen molar-refractivity contribution in [1.82, 2.24) is 14.8 Å². The third kappa shape index (κ3) is 5.52. The molecular weight excluding hydrogens is 408 g/mol. The molecule has 8 heteroatoms. The molecule has 0 unspecified atom stereocenters. The summed E-state index contributed by atoms with van der Waals surface area (Å²) >= 11 is 7.74. The van der Waals surface area contributed by atoms with Crippen LogP contribution < -0.4 is 10.1 Å². The minimum atomic E-state index is -0.284. The largest absolute Gasteiger partial charge is 0.484 e. The maximum absolute atomic E-state index is 12.3. The van der Waals surface area contributed by atoms with Crippen LogP contribution >= 0.6 is 23.4 Å². The third-order valence-corrected chi connectivity index (χ3v) is 5.83. The molecule has 152 valence electrons. The number of hydrogen-bond acceptors (Lipinski definition) is 5. The first-order valence-electron chi connectivity index (χ1n) is 9.27. The number of carbonyl (C=O) groups excluding carboxylic acids is 1. The molecule has 0 aliphatic heterocycles. The Hall–Kier alpha value is -2.51. The number of amides is 1. The lowest BCUT2D eigenvalue weighted by Gasteiger charge is -2.10. The van der Waals surface area contributed by atoms with E-state index in [9.17, 15) is 4.79 Å². The van der Waals surface area contributed by atoms with Crippen LogP contribution in [0.4, 0.5) is 5.95 Å². The number of benzene rings is 2. The second-order valence-electron chi connectivity index (χ2n) is 6.51. The van der Waals surface area contributed by atoms with Gasteiger partial charge < -0.3 is 4.74 Å². The van der Waals surface area contributed by atoms with Crippen molar-refractivity contribution in [2.75, 3.05) is 11.9 Å². The summed E-state index contributed by atoms with van der Waals surface area (Å²) in [4.78, 5) is 12.3. The lowest BCUT2D eigenvalue weighted by Crippen LogP contribution is -2.22. The first-order valence-corrected chi connectivity index (χ1v) is 10.6. The second kappa shape index (κ2) is 9.80. The molecule has 3 aromatic rings. The number of thioether (sulfide) groups is 1. The van der Waals surface area contributed by atoms with Gasteiger partial charge in [-0.15, -0.1) is 10.2 Å². The number of aromatic nitrogens is 3. The van der Waals surface area contributed by atoms with Gasteiger partial charge in [-0.05, 0) is 55.7 Å². The topological polar surface area (TPSA) is 69.0 Å². The zero-order valence-electron chi connectivity index (χ0n) is 16.6. The molecule has 0 saturated heterocycles. The first-order chi connectivity index (χ1) is 14.0. The zero-order valence-corrected chi connectivity index (χ0v) is 18.2. The molecule has 1 aromatic heterocycles. The van der Waals surface area contributed by atoms with Gasteiger partial charge >= 0.3 is 0 Å². The van der Waals surface area contributed by atoms with Gasteiger partial charge in [-0.25, -0.2) is 0 Å². The van der Waals surface area contributed by atoms with Crippen molar-refractivity contribution in [2.45, 2.75) is 38.2 Å². The van der Waals surface area contributed by atoms with Crippen LogP contribution in [0, 0.1) is 13.8 Å². The van der Waals surface area contributed by atoms with E-state index in [1.165, 1.54) is 17.3 Å². The van der Waals surface area contributed by atoms with Gasteiger partial charge in [-0.2, -0.15) is 0 Å². The summed E-state index contributed by atoms with van der Waals surface area (Å²) in [7, 11) is 0. The highest BCUT2D eigenvalue weighted by Crippen LogP contribution is 2.27. The Bertz CT molecular complexity index is 1010. The zero-order chi connectivity index (χ0) is 20.8. The number of nitrogens with one attached hydrogen (secondary N) is 1. The summed E-state index contributed by atoms with van der Waals surface area (Å²) in [6.07, 6.45) is 0. The van der Waals surface area contributed by atoms with Crippen molar-refractivity contribution in [3.05, 3.63) is 64.2 Å². The molecule has 3 rings (SSSR count). The van der Waals surface area contributed by atoms with Crippen LogP contribution in [-0.4, -0.2) is 27.3 Å². The average molecular weight is 431 g/mol. The van der Waals surface area contributed by atoms with E-state index in [-0.39, 0.29) is 12.5 Å². The Balaban J connectivity index is 1.59. The van der Waals surface area contributed by atoms with Crippen LogP contribution in [-0.2, 0) is 17.1 Å². The summed E-state index contributed by atoms with van der Waals surface area (Å²) in [6, 6.07) is 13.4. The molecule has 0 bridgehead atoms. The van der Waals surface area contributed by atoms with Gasteiger partial charge in [0.25, 0.3) is 5.91 Å². The molecule has 0 fully saturated rings. The van der Waals surface area contributed by atoms with Gasteiger partial charge in [0.1, 0.15) is 5.75 Å². The van der Waals surface area contributed by atoms with Crippen molar-refractivity contribution in [3.63, 3.8) is 0 Å². The van der Waals surface area contributed by atoms with E-state index < -0.39 is 0 Å². The molecule has 0 atom stereocenters. The van der Waals surface area contributed by atoms with Crippen LogP contribution in [0.15, 0.2) is 47.6 Å². The predicted molar refractivity (Wildman–Crippen MR) is 117 cm³/mol. The number of aryl methyl sites for hydroxylation is 2. The van der Waals surface area contributed by atoms with Crippen LogP contribution in [0.3, 0.4) is 0 Å². The normalized spacial score (nSPS) is 10.8. The van der Waals surface area contributed by atoms with E-state index in [0.29, 0.717) is 24.0 Å². The van der Waals surface area contributed by atoms with E-state index in [1.807, 2.05) is 67.8 Å². The Morgan fingerprint density at radius 2 is 1.97 bits per heavy atom. The van der Waals surface area contributed by atoms with Gasteiger partial charge in [-0.1, -0.05) is 47.6 Å². The van der Waals surface area contributed by atoms with Gasteiger partial charge in [0.05, 0.1) is 0 Å². The van der Waals surface area contributed by atoms with Crippen molar-refractivity contribution < 1.29 is 9.53 Å². The van der Waals surface area contributed by atoms with Crippen LogP contribution in [0.5, 0.6) is 5.75 Å². The smallest absolute Gasteiger partial charge is 0.264 e. The number of halogens is 1. The standard InChI is InChI=1S/C21H23ClN4O2S/c1-4-26-20(23-19(27)12-28-17-10-9-14(2)15(3)11-17)24-25-21(26)29-13-16-7-5-6-8-18(16)22/h5-11H,4,12-13H2,1-3H3,(H,23,24,27). The lowest BCUT2D eigenvalue weighted by molar-refractivity contribution is -0.118. The summed E-state index contributed by atoms with van der Waals surface area (Å²) in [5, 5.41) is 12.5. The number of ether oxygens (including phenoxy) is 1. The molecule has 0 aliphatic carbocycles. The molecule has 6 nitrogen and oxygen atoms in total. The molecule has 1 heterocycles. The predicted octanol–water partition coefficient (Wildman–Crippen LogP) is 4.88. The van der Waals surface area contributed by atoms with Crippen molar-refractivity contribution >= 4 is 35.2 Å². The fourth-order valence-electron chi connectivity index (χ4n) is 2.64. The summed E-state index contributed by atoms with van der Waals surface area (Å²) in [5.74, 6) is 1.45. The highest BCUT2D eigenvalue weighted by Gasteiger charge is 2.15. The molecule has 0 aliphatic rings. The van der Waals surface area contributed by atoms with Crippen molar-refractivity contribution in [2.24, 2.45) is 0 Å². The Morgan fingerprint density at radius 3 is 2.69 bits per heavy atom. The SMILES string of the molecule is CCn1c(NC(=O)COc2ccc(C)c(C)c2)nnc1SCc1ccccc1Cl. The fourth-order valence-corrected chi connectivity index (χ4v) is 3.93. The number of anilines is 1. The Labute approximate surface area is 179 Å². The Kier molecular flexibility index (Phi) is 7.17. The molecule has 2 aromatic carbocycles. The molecule has 0 saturated carbocycles. The molecule has 1 N–H and O–H groups in total. The minimum absolute atomic E-state index is 0.0961. The van der Waals surface area contributed by atoms with Crippen LogP contribution in [0.25, 0.3) is 0 Å². The van der Waals surface area contributed by atoms with E-state index in [0.717, 1.165) is 21.3 Å². The van der Waals surface area contributed by atoms with Crippen molar-refractivity contribution in [1.29, 1.82) is 0 Å². The van der Waals surface area contributed by atoms with Gasteiger partial charge in [0.15, 0.2) is 11.8 Å². The molecule has 29 heavy (non-hydrogen) atoms. The third-order valence-electron chi connectivity index (χ3n) is 4.45. The minimum Gasteiger partial charge on any atom is -0.484 e. The summed E-state index contributed by atoms with van der Waals surface area (Å²) in [6.45, 7) is 6.55. The lowest BCUT2D eigenvalue weighted by atomic mass is 10.1. The van der Waals surface area contributed by atoms with E-state index >= 15 is 0 Å². The molecule has 0 radical (unpaired) electrons. The van der Waals surface area contributed by atoms with Gasteiger partial charge in [0.2, 0.25) is 5.95 Å². The maximum Gasteiger partial charge on any atom is 0.264 e. The highest BCUT2D eigenvalue weighted by atomic mass is 35.5. The number of nitrogens with zero attached hydrogens (tertiary/aromatic N) is 3. The molecule has 0 spiro atoms. The number of rotatable bonds is 8. The highest BCUT2D eigenvalue weighted by molar-refractivity contribution is 7.98. The maximum atomic E-state index is 12.3. The first kappa shape index (κ1) is 21.2. The second-order valence-corrected chi connectivity index (χ2v) is 7.86. The van der Waals surface area contributed by atoms with E-state index in [2.05, 4.69) is 15.5 Å². The monoisotopic (exact) mass is 430 g/mol. The quantitative estimate of drug-likeness (QED) is 0.516. The summed E-state index contributed by atoms with van der Waals surface area (Å²) in [5.41, 5.74) is 3.32.